The number of benzene rings is 3. The summed E-state index contributed by atoms with van der Waals surface area (Å²) in [7, 11) is 3.17. The minimum atomic E-state index is -1.08. The number of amides is 1. The second-order valence-electron chi connectivity index (χ2n) is 12.7. The molecule has 5 rings (SSSR count). The van der Waals surface area contributed by atoms with Gasteiger partial charge in [0.15, 0.2) is 18.1 Å². The van der Waals surface area contributed by atoms with E-state index in [1.807, 2.05) is 54.6 Å². The van der Waals surface area contributed by atoms with E-state index in [1.165, 1.54) is 6.42 Å². The van der Waals surface area contributed by atoms with Gasteiger partial charge in [-0.05, 0) is 91.8 Å². The van der Waals surface area contributed by atoms with Crippen molar-refractivity contribution >= 4 is 17.8 Å². The summed E-state index contributed by atoms with van der Waals surface area (Å²) < 4.78 is 22.7. The van der Waals surface area contributed by atoms with Crippen LogP contribution < -0.4 is 14.2 Å². The fraction of sp³-hybridized carbons (Fsp3) is 0.462. The van der Waals surface area contributed by atoms with E-state index in [4.69, 9.17) is 24.1 Å². The first-order valence-electron chi connectivity index (χ1n) is 17.1. The number of piperidine rings is 1. The summed E-state index contributed by atoms with van der Waals surface area (Å²) in [6, 6.07) is 22.0. The summed E-state index contributed by atoms with van der Waals surface area (Å²) in [5.41, 5.74) is 2.67. The van der Waals surface area contributed by atoms with E-state index in [0.717, 1.165) is 49.7 Å². The van der Waals surface area contributed by atoms with Gasteiger partial charge in [0.25, 0.3) is 0 Å². The Morgan fingerprint density at radius 3 is 2.27 bits per heavy atom. The van der Waals surface area contributed by atoms with Crippen molar-refractivity contribution in [2.45, 2.75) is 82.3 Å². The number of hydrogen-bond donors (Lipinski definition) is 1. The number of carbonyl (C=O) groups is 3. The van der Waals surface area contributed by atoms with Crippen LogP contribution >= 0.6 is 0 Å². The molecule has 2 fully saturated rings. The summed E-state index contributed by atoms with van der Waals surface area (Å²) in [4.78, 5) is 41.6. The minimum Gasteiger partial charge on any atom is -0.493 e. The predicted molar refractivity (Wildman–Crippen MR) is 181 cm³/mol. The number of carboxylic acids is 1. The molecule has 9 heteroatoms. The highest BCUT2D eigenvalue weighted by molar-refractivity contribution is 5.89. The topological polar surface area (TPSA) is 112 Å². The quantitative estimate of drug-likeness (QED) is 0.182. The van der Waals surface area contributed by atoms with Crippen LogP contribution in [0.1, 0.15) is 86.5 Å². The Labute approximate surface area is 283 Å². The number of aliphatic carboxylic acids is 1. The second kappa shape index (κ2) is 17.0. The fourth-order valence-corrected chi connectivity index (χ4v) is 7.16. The van der Waals surface area contributed by atoms with Crippen molar-refractivity contribution < 1.29 is 38.4 Å². The van der Waals surface area contributed by atoms with Gasteiger partial charge < -0.3 is 29.0 Å². The van der Waals surface area contributed by atoms with Crippen molar-refractivity contribution in [3.8, 4) is 17.2 Å². The van der Waals surface area contributed by atoms with Gasteiger partial charge in [0.05, 0.1) is 20.1 Å². The van der Waals surface area contributed by atoms with Gasteiger partial charge in [-0.1, -0.05) is 67.8 Å². The van der Waals surface area contributed by atoms with Gasteiger partial charge in [0, 0.05) is 6.54 Å². The van der Waals surface area contributed by atoms with Gasteiger partial charge in [-0.2, -0.15) is 0 Å². The van der Waals surface area contributed by atoms with Crippen LogP contribution in [0.15, 0.2) is 72.8 Å². The number of nitrogens with zero attached hydrogens (tertiary/aromatic N) is 1. The smallest absolute Gasteiger partial charge is 0.341 e. The largest absolute Gasteiger partial charge is 0.493 e. The van der Waals surface area contributed by atoms with Crippen molar-refractivity contribution in [1.29, 1.82) is 0 Å². The number of aryl methyl sites for hydroxylation is 1. The maximum absolute atomic E-state index is 14.5. The molecule has 3 aromatic rings. The molecule has 9 nitrogen and oxygen atoms in total. The summed E-state index contributed by atoms with van der Waals surface area (Å²) in [6.45, 7) is 0.0335. The van der Waals surface area contributed by atoms with E-state index >= 15 is 0 Å². The van der Waals surface area contributed by atoms with Crippen LogP contribution in [-0.4, -0.2) is 61.3 Å². The lowest BCUT2D eigenvalue weighted by atomic mass is 9.75. The second-order valence-corrected chi connectivity index (χ2v) is 12.7. The van der Waals surface area contributed by atoms with E-state index in [-0.39, 0.29) is 17.7 Å². The third kappa shape index (κ3) is 8.88. The van der Waals surface area contributed by atoms with Gasteiger partial charge in [0.1, 0.15) is 17.9 Å². The average Bonchev–Trinajstić information content (AvgIpc) is 3.13. The molecule has 1 aliphatic carbocycles. The Morgan fingerprint density at radius 1 is 0.812 bits per heavy atom. The van der Waals surface area contributed by atoms with Crippen molar-refractivity contribution in [3.05, 3.63) is 89.5 Å². The van der Waals surface area contributed by atoms with Crippen LogP contribution in [0.4, 0.5) is 0 Å². The maximum Gasteiger partial charge on any atom is 0.341 e. The molecule has 0 radical (unpaired) electrons. The lowest BCUT2D eigenvalue weighted by Gasteiger charge is -2.39. The maximum atomic E-state index is 14.5. The highest BCUT2D eigenvalue weighted by Crippen LogP contribution is 2.39. The zero-order valence-electron chi connectivity index (χ0n) is 28.0. The zero-order valence-corrected chi connectivity index (χ0v) is 28.0. The molecular formula is C39H47NO8. The van der Waals surface area contributed by atoms with Gasteiger partial charge in [0.2, 0.25) is 5.91 Å². The lowest BCUT2D eigenvalue weighted by molar-refractivity contribution is -0.163. The first kappa shape index (κ1) is 34.8. The fourth-order valence-electron chi connectivity index (χ4n) is 7.16. The molecule has 256 valence electrons. The zero-order chi connectivity index (χ0) is 33.9. The predicted octanol–water partition coefficient (Wildman–Crippen LogP) is 7.13. The van der Waals surface area contributed by atoms with Crippen molar-refractivity contribution in [2.75, 3.05) is 27.4 Å². The number of hydrogen-bond acceptors (Lipinski definition) is 7. The molecule has 48 heavy (non-hydrogen) atoms. The van der Waals surface area contributed by atoms with Crippen LogP contribution in [0.3, 0.4) is 0 Å². The van der Waals surface area contributed by atoms with Gasteiger partial charge in [-0.15, -0.1) is 0 Å². The number of carbonyl (C=O) groups excluding carboxylic acids is 2. The summed E-state index contributed by atoms with van der Waals surface area (Å²) in [5, 5.41) is 9.13. The SMILES string of the molecule is COc1ccc(CCC(OC(=O)[C@@H]2CCCCN2C(=O)[C@@H](c2ccccc2)C2CCCCC2)c2cccc(OCC(=O)O)c2)cc1OC. The average molecular weight is 658 g/mol. The molecule has 0 spiro atoms. The van der Waals surface area contributed by atoms with Crippen molar-refractivity contribution in [1.82, 2.24) is 4.90 Å². The van der Waals surface area contributed by atoms with Gasteiger partial charge in [-0.25, -0.2) is 9.59 Å². The first-order valence-corrected chi connectivity index (χ1v) is 17.1. The Balaban J connectivity index is 1.39. The highest BCUT2D eigenvalue weighted by Gasteiger charge is 2.40. The normalized spacial score (nSPS) is 18.0. The molecule has 1 unspecified atom stereocenters. The van der Waals surface area contributed by atoms with E-state index in [9.17, 15) is 14.4 Å². The molecular weight excluding hydrogens is 610 g/mol. The van der Waals surface area contributed by atoms with E-state index in [2.05, 4.69) is 0 Å². The third-order valence-corrected chi connectivity index (χ3v) is 9.60. The number of rotatable bonds is 14. The Hall–Kier alpha value is -4.53. The Kier molecular flexibility index (Phi) is 12.4. The van der Waals surface area contributed by atoms with Crippen LogP contribution in [0, 0.1) is 5.92 Å². The third-order valence-electron chi connectivity index (χ3n) is 9.60. The molecule has 0 bridgehead atoms. The molecule has 2 aliphatic rings. The number of esters is 1. The molecule has 1 saturated carbocycles. The summed E-state index contributed by atoms with van der Waals surface area (Å²) >= 11 is 0. The highest BCUT2D eigenvalue weighted by atomic mass is 16.5. The molecule has 1 heterocycles. The lowest BCUT2D eigenvalue weighted by Crippen LogP contribution is -2.51. The molecule has 1 N–H and O–H groups in total. The van der Waals surface area contributed by atoms with E-state index < -0.39 is 30.7 Å². The van der Waals surface area contributed by atoms with Crippen LogP contribution in [0.25, 0.3) is 0 Å². The van der Waals surface area contributed by atoms with Crippen molar-refractivity contribution in [3.63, 3.8) is 0 Å². The molecule has 3 aromatic carbocycles. The monoisotopic (exact) mass is 657 g/mol. The number of likely N-dealkylation sites (tertiary alicyclic amines) is 1. The van der Waals surface area contributed by atoms with Crippen LogP contribution in [-0.2, 0) is 25.5 Å². The Bertz CT molecular complexity index is 1520. The number of methoxy groups -OCH3 is 2. The first-order chi connectivity index (χ1) is 23.4. The summed E-state index contributed by atoms with van der Waals surface area (Å²) in [6.07, 6.45) is 7.99. The van der Waals surface area contributed by atoms with Crippen LogP contribution in [0.2, 0.25) is 0 Å². The number of carboxylic acid groups (broad SMARTS) is 1. The minimum absolute atomic E-state index is 0.0145. The number of ether oxygens (including phenoxy) is 4. The molecule has 1 aliphatic heterocycles. The van der Waals surface area contributed by atoms with E-state index in [1.54, 1.807) is 37.3 Å². The molecule has 1 amide bonds. The van der Waals surface area contributed by atoms with Gasteiger partial charge >= 0.3 is 11.9 Å². The van der Waals surface area contributed by atoms with E-state index in [0.29, 0.717) is 48.6 Å². The molecule has 1 saturated heterocycles. The van der Waals surface area contributed by atoms with Crippen LogP contribution in [0.5, 0.6) is 17.2 Å². The van der Waals surface area contributed by atoms with Crippen molar-refractivity contribution in [2.24, 2.45) is 5.92 Å². The molecule has 3 atom stereocenters. The standard InChI is InChI=1S/C39H47NO8/c1-45-34-22-20-27(24-35(34)46-2)19-21-33(30-16-11-17-31(25-30)47-26-36(41)42)48-39(44)32-18-9-10-23-40(32)38(43)37(28-12-5-3-6-13-28)29-14-7-4-8-15-29/h3,5-6,11-13,16-17,20,22,24-25,29,32-33,37H,4,7-10,14-15,18-19,21,23,26H2,1-2H3,(H,41,42)/t32-,33?,37-/m0/s1. The Morgan fingerprint density at radius 2 is 1.54 bits per heavy atom. The summed E-state index contributed by atoms with van der Waals surface area (Å²) in [5.74, 6) is 0.0642. The van der Waals surface area contributed by atoms with Gasteiger partial charge in [-0.3, -0.25) is 4.79 Å². The molecule has 0 aromatic heterocycles.